The molecule has 0 aliphatic heterocycles. The fourth-order valence-corrected chi connectivity index (χ4v) is 2.90. The Bertz CT molecular complexity index is 652. The number of halogens is 1. The minimum Gasteiger partial charge on any atom is -0.390 e. The summed E-state index contributed by atoms with van der Waals surface area (Å²) >= 11 is 3.27. The Morgan fingerprint density at radius 2 is 2.11 bits per heavy atom. The number of anilines is 1. The molecule has 1 aromatic heterocycles. The van der Waals surface area contributed by atoms with E-state index in [1.165, 1.54) is 12.3 Å². The summed E-state index contributed by atoms with van der Waals surface area (Å²) in [6.07, 6.45) is 1.34. The van der Waals surface area contributed by atoms with Crippen LogP contribution in [0.1, 0.15) is 5.69 Å². The van der Waals surface area contributed by atoms with Gasteiger partial charge in [0.1, 0.15) is 4.90 Å². The van der Waals surface area contributed by atoms with Crippen LogP contribution in [0, 0.1) is 0 Å². The predicted octanol–water partition coefficient (Wildman–Crippen LogP) is 2.07. The van der Waals surface area contributed by atoms with Crippen LogP contribution in [0.4, 0.5) is 5.69 Å². The van der Waals surface area contributed by atoms with E-state index in [1.54, 1.807) is 24.3 Å². The maximum Gasteiger partial charge on any atom is 0.263 e. The molecule has 0 aliphatic carbocycles. The zero-order valence-electron chi connectivity index (χ0n) is 9.22. The number of sulfonamides is 1. The van der Waals surface area contributed by atoms with E-state index >= 15 is 0 Å². The highest BCUT2D eigenvalue weighted by Crippen LogP contribution is 2.20. The number of nitrogens with one attached hydrogen (secondary N) is 2. The SMILES string of the molecule is O=S(=O)(Nc1cccc(Br)c1)c1c[nH]c(CO)c1. The van der Waals surface area contributed by atoms with E-state index in [1.807, 2.05) is 0 Å². The molecule has 0 saturated carbocycles. The second kappa shape index (κ2) is 5.13. The third-order valence-electron chi connectivity index (χ3n) is 2.27. The van der Waals surface area contributed by atoms with Gasteiger partial charge in [0, 0.05) is 22.1 Å². The van der Waals surface area contributed by atoms with Crippen LogP contribution < -0.4 is 4.72 Å². The first-order chi connectivity index (χ1) is 8.51. The van der Waals surface area contributed by atoms with Crippen molar-refractivity contribution in [3.8, 4) is 0 Å². The average molecular weight is 331 g/mol. The molecule has 0 amide bonds. The largest absolute Gasteiger partial charge is 0.390 e. The summed E-state index contributed by atoms with van der Waals surface area (Å²) in [5, 5.41) is 8.89. The van der Waals surface area contributed by atoms with Crippen LogP contribution in [0.5, 0.6) is 0 Å². The third kappa shape index (κ3) is 2.92. The number of aromatic amines is 1. The van der Waals surface area contributed by atoms with Crippen LogP contribution >= 0.6 is 15.9 Å². The molecule has 18 heavy (non-hydrogen) atoms. The summed E-state index contributed by atoms with van der Waals surface area (Å²) in [5.74, 6) is 0. The number of hydrogen-bond donors (Lipinski definition) is 3. The maximum absolute atomic E-state index is 12.0. The van der Waals surface area contributed by atoms with Crippen LogP contribution in [0.15, 0.2) is 45.9 Å². The quantitative estimate of drug-likeness (QED) is 0.802. The molecule has 0 bridgehead atoms. The molecule has 5 nitrogen and oxygen atoms in total. The standard InChI is InChI=1S/C11H11BrN2O3S/c12-8-2-1-3-9(4-8)14-18(16,17)11-5-10(7-15)13-6-11/h1-6,13-15H,7H2. The van der Waals surface area contributed by atoms with Crippen LogP contribution in [0.25, 0.3) is 0 Å². The summed E-state index contributed by atoms with van der Waals surface area (Å²) in [5.41, 5.74) is 0.917. The van der Waals surface area contributed by atoms with Crippen molar-refractivity contribution >= 4 is 31.6 Å². The molecule has 1 aromatic carbocycles. The van der Waals surface area contributed by atoms with Crippen molar-refractivity contribution in [3.05, 3.63) is 46.7 Å². The monoisotopic (exact) mass is 330 g/mol. The summed E-state index contributed by atoms with van der Waals surface area (Å²) in [4.78, 5) is 2.77. The Hall–Kier alpha value is -1.31. The van der Waals surface area contributed by atoms with Gasteiger partial charge in [0.15, 0.2) is 0 Å². The van der Waals surface area contributed by atoms with E-state index < -0.39 is 10.0 Å². The summed E-state index contributed by atoms with van der Waals surface area (Å²) in [6.45, 7) is -0.230. The Morgan fingerprint density at radius 3 is 2.72 bits per heavy atom. The van der Waals surface area contributed by atoms with Gasteiger partial charge in [0.05, 0.1) is 6.61 Å². The smallest absolute Gasteiger partial charge is 0.263 e. The number of aliphatic hydroxyl groups excluding tert-OH is 1. The first-order valence-electron chi connectivity index (χ1n) is 5.08. The lowest BCUT2D eigenvalue weighted by Gasteiger charge is -2.06. The first kappa shape index (κ1) is 13.1. The second-order valence-corrected chi connectivity index (χ2v) is 6.23. The zero-order chi connectivity index (χ0) is 13.2. The molecule has 2 rings (SSSR count). The number of H-pyrrole nitrogens is 1. The lowest BCUT2D eigenvalue weighted by atomic mass is 10.3. The summed E-state index contributed by atoms with van der Waals surface area (Å²) in [6, 6.07) is 8.25. The molecule has 0 atom stereocenters. The third-order valence-corrected chi connectivity index (χ3v) is 4.13. The number of benzene rings is 1. The molecule has 0 fully saturated rings. The minimum absolute atomic E-state index is 0.0894. The number of hydrogen-bond acceptors (Lipinski definition) is 3. The Kier molecular flexibility index (Phi) is 3.74. The van der Waals surface area contributed by atoms with Gasteiger partial charge in [-0.3, -0.25) is 4.72 Å². The second-order valence-electron chi connectivity index (χ2n) is 3.63. The highest BCUT2D eigenvalue weighted by molar-refractivity contribution is 9.10. The van der Waals surface area contributed by atoms with Gasteiger partial charge in [0.25, 0.3) is 10.0 Å². The van der Waals surface area contributed by atoms with Crippen molar-refractivity contribution in [1.29, 1.82) is 0 Å². The van der Waals surface area contributed by atoms with Gasteiger partial charge in [-0.1, -0.05) is 22.0 Å². The summed E-state index contributed by atoms with van der Waals surface area (Å²) < 4.78 is 27.3. The van der Waals surface area contributed by atoms with E-state index in [0.717, 1.165) is 4.47 Å². The van der Waals surface area contributed by atoms with Crippen molar-refractivity contribution in [2.24, 2.45) is 0 Å². The van der Waals surface area contributed by atoms with Gasteiger partial charge in [-0.05, 0) is 24.3 Å². The normalized spacial score (nSPS) is 11.4. The molecule has 0 radical (unpaired) electrons. The van der Waals surface area contributed by atoms with E-state index in [9.17, 15) is 8.42 Å². The molecule has 0 aliphatic rings. The molecular weight excluding hydrogens is 320 g/mol. The van der Waals surface area contributed by atoms with Crippen LogP contribution in [0.3, 0.4) is 0 Å². The van der Waals surface area contributed by atoms with E-state index in [4.69, 9.17) is 5.11 Å². The van der Waals surface area contributed by atoms with Crippen molar-refractivity contribution < 1.29 is 13.5 Å². The van der Waals surface area contributed by atoms with Gasteiger partial charge >= 0.3 is 0 Å². The maximum atomic E-state index is 12.0. The lowest BCUT2D eigenvalue weighted by molar-refractivity contribution is 0.277. The molecule has 0 saturated heterocycles. The van der Waals surface area contributed by atoms with Crippen LogP contribution in [-0.4, -0.2) is 18.5 Å². The van der Waals surface area contributed by atoms with Gasteiger partial charge in [-0.2, -0.15) is 0 Å². The van der Waals surface area contributed by atoms with Gasteiger partial charge in [-0.25, -0.2) is 8.42 Å². The van der Waals surface area contributed by atoms with Crippen molar-refractivity contribution in [2.45, 2.75) is 11.5 Å². The van der Waals surface area contributed by atoms with Gasteiger partial charge in [0.2, 0.25) is 0 Å². The molecule has 1 heterocycles. The topological polar surface area (TPSA) is 82.2 Å². The van der Waals surface area contributed by atoms with Crippen LogP contribution in [-0.2, 0) is 16.6 Å². The Balaban J connectivity index is 2.27. The van der Waals surface area contributed by atoms with E-state index in [-0.39, 0.29) is 11.5 Å². The zero-order valence-corrected chi connectivity index (χ0v) is 11.6. The molecule has 7 heteroatoms. The first-order valence-corrected chi connectivity index (χ1v) is 7.35. The van der Waals surface area contributed by atoms with Crippen molar-refractivity contribution in [3.63, 3.8) is 0 Å². The minimum atomic E-state index is -3.63. The fourth-order valence-electron chi connectivity index (χ4n) is 1.43. The van der Waals surface area contributed by atoms with Crippen molar-refractivity contribution in [2.75, 3.05) is 4.72 Å². The highest BCUT2D eigenvalue weighted by Gasteiger charge is 2.16. The molecular formula is C11H11BrN2O3S. The molecule has 96 valence electrons. The number of rotatable bonds is 4. The van der Waals surface area contributed by atoms with Crippen LogP contribution in [0.2, 0.25) is 0 Å². The fraction of sp³-hybridized carbons (Fsp3) is 0.0909. The Morgan fingerprint density at radius 1 is 1.33 bits per heavy atom. The highest BCUT2D eigenvalue weighted by atomic mass is 79.9. The lowest BCUT2D eigenvalue weighted by Crippen LogP contribution is -2.12. The van der Waals surface area contributed by atoms with Gasteiger partial charge < -0.3 is 10.1 Å². The predicted molar refractivity (Wildman–Crippen MR) is 71.7 cm³/mol. The molecule has 2 aromatic rings. The van der Waals surface area contributed by atoms with Gasteiger partial charge in [-0.15, -0.1) is 0 Å². The summed E-state index contributed by atoms with van der Waals surface area (Å²) in [7, 11) is -3.63. The Labute approximate surface area is 113 Å². The van der Waals surface area contributed by atoms with E-state index in [0.29, 0.717) is 11.4 Å². The average Bonchev–Trinajstić information content (AvgIpc) is 2.77. The van der Waals surface area contributed by atoms with Crippen molar-refractivity contribution in [1.82, 2.24) is 4.98 Å². The molecule has 0 unspecified atom stereocenters. The number of aromatic nitrogens is 1. The molecule has 3 N–H and O–H groups in total. The number of aliphatic hydroxyl groups is 1. The molecule has 0 spiro atoms. The van der Waals surface area contributed by atoms with E-state index in [2.05, 4.69) is 25.6 Å².